The van der Waals surface area contributed by atoms with E-state index in [0.29, 0.717) is 12.2 Å². The molecule has 2 N–H and O–H groups in total. The van der Waals surface area contributed by atoms with Crippen LogP contribution in [0.4, 0.5) is 4.79 Å². The van der Waals surface area contributed by atoms with Gasteiger partial charge in [-0.1, -0.05) is 18.2 Å². The smallest absolute Gasteiger partial charge is 0.447 e. The molecular weight excluding hydrogens is 210 g/mol. The van der Waals surface area contributed by atoms with Crippen molar-refractivity contribution in [1.29, 1.82) is 0 Å². The van der Waals surface area contributed by atoms with Gasteiger partial charge in [-0.25, -0.2) is 4.79 Å². The average molecular weight is 221 g/mol. The van der Waals surface area contributed by atoms with Crippen molar-refractivity contribution < 1.29 is 19.0 Å². The number of rotatable bonds is 1. The van der Waals surface area contributed by atoms with Crippen LogP contribution in [-0.4, -0.2) is 24.6 Å². The predicted molar refractivity (Wildman–Crippen MR) is 53.9 cm³/mol. The van der Waals surface area contributed by atoms with E-state index >= 15 is 0 Å². The topological polar surface area (TPSA) is 70.8 Å². The molecule has 2 aliphatic rings. The molecule has 0 bridgehead atoms. The number of carbonyl (C=O) groups is 1. The average Bonchev–Trinajstić information content (AvgIpc) is 2.61. The Morgan fingerprint density at radius 1 is 1.38 bits per heavy atom. The Hall–Kier alpha value is -1.75. The van der Waals surface area contributed by atoms with Crippen molar-refractivity contribution in [3.05, 3.63) is 29.8 Å². The van der Waals surface area contributed by atoms with Crippen LogP contribution in [0, 0.1) is 0 Å². The van der Waals surface area contributed by atoms with E-state index in [-0.39, 0.29) is 6.54 Å². The first-order valence-corrected chi connectivity index (χ1v) is 5.10. The van der Waals surface area contributed by atoms with Crippen LogP contribution < -0.4 is 10.5 Å². The van der Waals surface area contributed by atoms with Crippen molar-refractivity contribution in [3.8, 4) is 5.75 Å². The lowest BCUT2D eigenvalue weighted by atomic mass is 9.97. The largest absolute Gasteiger partial charge is 0.512 e. The summed E-state index contributed by atoms with van der Waals surface area (Å²) in [6, 6.07) is 7.54. The Morgan fingerprint density at radius 3 is 3.00 bits per heavy atom. The van der Waals surface area contributed by atoms with Crippen LogP contribution in [0.15, 0.2) is 24.3 Å². The van der Waals surface area contributed by atoms with Gasteiger partial charge in [0.2, 0.25) is 0 Å². The molecule has 0 saturated carbocycles. The molecule has 1 fully saturated rings. The maximum Gasteiger partial charge on any atom is 0.512 e. The van der Waals surface area contributed by atoms with Crippen molar-refractivity contribution >= 4 is 6.16 Å². The van der Waals surface area contributed by atoms with E-state index in [1.54, 1.807) is 0 Å². The van der Waals surface area contributed by atoms with Crippen LogP contribution in [0.5, 0.6) is 5.75 Å². The molecule has 0 spiro atoms. The molecule has 0 aromatic heterocycles. The van der Waals surface area contributed by atoms with E-state index in [4.69, 9.17) is 19.9 Å². The van der Waals surface area contributed by atoms with Crippen molar-refractivity contribution in [3.63, 3.8) is 0 Å². The molecule has 1 aromatic rings. The first-order chi connectivity index (χ1) is 7.73. The Balaban J connectivity index is 2.02. The number of hydrogen-bond donors (Lipinski definition) is 1. The molecule has 2 atom stereocenters. The molecule has 0 aliphatic carbocycles. The molecule has 2 aliphatic heterocycles. The summed E-state index contributed by atoms with van der Waals surface area (Å²) in [5.74, 6) is -0.451. The molecule has 1 saturated heterocycles. The summed E-state index contributed by atoms with van der Waals surface area (Å²) in [6.45, 7) is 0.0811. The van der Waals surface area contributed by atoms with Gasteiger partial charge in [0.15, 0.2) is 6.10 Å². The van der Waals surface area contributed by atoms with Crippen LogP contribution in [-0.2, 0) is 15.9 Å². The molecule has 2 unspecified atom stereocenters. The maximum absolute atomic E-state index is 11.1. The SMILES string of the molecule is NCC12OC(=O)OC1Cc1ccccc1O2. The van der Waals surface area contributed by atoms with Crippen LogP contribution in [0.1, 0.15) is 5.56 Å². The molecule has 2 heterocycles. The lowest BCUT2D eigenvalue weighted by Crippen LogP contribution is -2.54. The zero-order chi connectivity index (χ0) is 11.2. The fourth-order valence-corrected chi connectivity index (χ4v) is 2.09. The standard InChI is InChI=1S/C11H11NO4/c12-6-11-9(14-10(13)16-11)5-7-3-1-2-4-8(7)15-11/h1-4,9H,5-6,12H2. The summed E-state index contributed by atoms with van der Waals surface area (Å²) in [7, 11) is 0. The number of nitrogens with two attached hydrogens (primary N) is 1. The second-order valence-corrected chi connectivity index (χ2v) is 3.89. The lowest BCUT2D eigenvalue weighted by molar-refractivity contribution is -0.139. The van der Waals surface area contributed by atoms with Crippen molar-refractivity contribution in [1.82, 2.24) is 0 Å². The summed E-state index contributed by atoms with van der Waals surface area (Å²) in [4.78, 5) is 11.1. The number of fused-ring (bicyclic) bond motifs is 2. The molecule has 3 rings (SSSR count). The summed E-state index contributed by atoms with van der Waals surface area (Å²) >= 11 is 0. The first kappa shape index (κ1) is 9.47. The maximum atomic E-state index is 11.1. The molecule has 16 heavy (non-hydrogen) atoms. The van der Waals surface area contributed by atoms with Crippen LogP contribution in [0.2, 0.25) is 0 Å². The molecule has 0 radical (unpaired) electrons. The summed E-state index contributed by atoms with van der Waals surface area (Å²) < 4.78 is 15.8. The van der Waals surface area contributed by atoms with Crippen molar-refractivity contribution in [2.24, 2.45) is 5.73 Å². The second kappa shape index (κ2) is 3.12. The normalized spacial score (nSPS) is 30.8. The first-order valence-electron chi connectivity index (χ1n) is 5.10. The number of para-hydroxylation sites is 1. The Kier molecular flexibility index (Phi) is 1.85. The highest BCUT2D eigenvalue weighted by atomic mass is 16.9. The highest BCUT2D eigenvalue weighted by molar-refractivity contribution is 5.64. The second-order valence-electron chi connectivity index (χ2n) is 3.89. The van der Waals surface area contributed by atoms with Crippen molar-refractivity contribution in [2.75, 3.05) is 6.54 Å². The highest BCUT2D eigenvalue weighted by Gasteiger charge is 2.55. The minimum absolute atomic E-state index is 0.0811. The molecular formula is C11H11NO4. The zero-order valence-corrected chi connectivity index (χ0v) is 8.51. The predicted octanol–water partition coefficient (Wildman–Crippen LogP) is 0.812. The molecule has 1 aromatic carbocycles. The van der Waals surface area contributed by atoms with E-state index in [1.165, 1.54) is 0 Å². The van der Waals surface area contributed by atoms with E-state index in [0.717, 1.165) is 5.56 Å². The van der Waals surface area contributed by atoms with E-state index in [1.807, 2.05) is 24.3 Å². The van der Waals surface area contributed by atoms with Gasteiger partial charge in [-0.3, -0.25) is 0 Å². The van der Waals surface area contributed by atoms with Gasteiger partial charge < -0.3 is 19.9 Å². The minimum Gasteiger partial charge on any atom is -0.447 e. The fraction of sp³-hybridized carbons (Fsp3) is 0.364. The molecule has 5 nitrogen and oxygen atoms in total. The van der Waals surface area contributed by atoms with Crippen LogP contribution in [0.3, 0.4) is 0 Å². The van der Waals surface area contributed by atoms with E-state index in [2.05, 4.69) is 0 Å². The molecule has 0 amide bonds. The Labute approximate surface area is 92.1 Å². The highest BCUT2D eigenvalue weighted by Crippen LogP contribution is 2.38. The summed E-state index contributed by atoms with van der Waals surface area (Å²) in [5.41, 5.74) is 6.61. The van der Waals surface area contributed by atoms with Gasteiger partial charge in [-0.05, 0) is 11.6 Å². The van der Waals surface area contributed by atoms with Gasteiger partial charge >= 0.3 is 11.9 Å². The Bertz CT molecular complexity index is 447. The quantitative estimate of drug-likeness (QED) is 0.710. The zero-order valence-electron chi connectivity index (χ0n) is 8.51. The fourth-order valence-electron chi connectivity index (χ4n) is 2.09. The number of benzene rings is 1. The van der Waals surface area contributed by atoms with Gasteiger partial charge in [0.25, 0.3) is 0 Å². The number of carbonyl (C=O) groups excluding carboxylic acids is 1. The van der Waals surface area contributed by atoms with Crippen LogP contribution in [0.25, 0.3) is 0 Å². The van der Waals surface area contributed by atoms with E-state index in [9.17, 15) is 4.79 Å². The third-order valence-electron chi connectivity index (χ3n) is 2.93. The van der Waals surface area contributed by atoms with Gasteiger partial charge in [-0.2, -0.15) is 0 Å². The lowest BCUT2D eigenvalue weighted by Gasteiger charge is -2.34. The Morgan fingerprint density at radius 2 is 2.19 bits per heavy atom. The third-order valence-corrected chi connectivity index (χ3v) is 2.93. The van der Waals surface area contributed by atoms with E-state index < -0.39 is 18.0 Å². The molecule has 84 valence electrons. The number of ether oxygens (including phenoxy) is 3. The number of hydrogen-bond acceptors (Lipinski definition) is 5. The van der Waals surface area contributed by atoms with Crippen LogP contribution >= 0.6 is 0 Å². The summed E-state index contributed by atoms with van der Waals surface area (Å²) in [5, 5.41) is 0. The van der Waals surface area contributed by atoms with Gasteiger partial charge in [0, 0.05) is 6.42 Å². The van der Waals surface area contributed by atoms with Gasteiger partial charge in [-0.15, -0.1) is 0 Å². The molecule has 5 heteroatoms. The van der Waals surface area contributed by atoms with Gasteiger partial charge in [0.05, 0.1) is 6.54 Å². The van der Waals surface area contributed by atoms with Gasteiger partial charge in [0.1, 0.15) is 5.75 Å². The minimum atomic E-state index is -1.15. The third kappa shape index (κ3) is 1.18. The van der Waals surface area contributed by atoms with Crippen molar-refractivity contribution in [2.45, 2.75) is 18.3 Å². The monoisotopic (exact) mass is 221 g/mol. The summed E-state index contributed by atoms with van der Waals surface area (Å²) in [6.07, 6.45) is -0.609.